The Kier molecular flexibility index (Phi) is 5.02. The van der Waals surface area contributed by atoms with E-state index in [1.165, 1.54) is 18.3 Å². The Morgan fingerprint density at radius 1 is 1.36 bits per heavy atom. The minimum atomic E-state index is -3.51. The van der Waals surface area contributed by atoms with Gasteiger partial charge in [-0.05, 0) is 24.3 Å². The van der Waals surface area contributed by atoms with E-state index < -0.39 is 15.8 Å². The lowest BCUT2D eigenvalue weighted by molar-refractivity contribution is -0.118. The second-order valence-corrected chi connectivity index (χ2v) is 7.98. The van der Waals surface area contributed by atoms with Crippen molar-refractivity contribution >= 4 is 37.4 Å². The van der Waals surface area contributed by atoms with E-state index in [-0.39, 0.29) is 16.6 Å². The first-order valence-corrected chi connectivity index (χ1v) is 9.00. The molecule has 1 aromatic carbocycles. The lowest BCUT2D eigenvalue weighted by atomic mass is 10.2. The Morgan fingerprint density at radius 3 is 2.55 bits per heavy atom. The fourth-order valence-corrected chi connectivity index (χ4v) is 3.71. The fraction of sp³-hybridized carbons (Fsp3) is 0.286. The van der Waals surface area contributed by atoms with Gasteiger partial charge in [0.15, 0.2) is 9.84 Å². The number of hydrogen-bond acceptors (Lipinski definition) is 4. The molecule has 2 aromatic rings. The number of anilines is 1. The number of aryl methyl sites for hydroxylation is 1. The van der Waals surface area contributed by atoms with Crippen molar-refractivity contribution in [2.75, 3.05) is 11.1 Å². The fourth-order valence-electron chi connectivity index (χ4n) is 1.89. The predicted molar refractivity (Wildman–Crippen MR) is 87.2 cm³/mol. The summed E-state index contributed by atoms with van der Waals surface area (Å²) < 4.78 is 27.0. The van der Waals surface area contributed by atoms with Gasteiger partial charge >= 0.3 is 0 Å². The highest BCUT2D eigenvalue weighted by atomic mass is 79.9. The van der Waals surface area contributed by atoms with Crippen molar-refractivity contribution in [3.63, 3.8) is 0 Å². The van der Waals surface area contributed by atoms with Crippen molar-refractivity contribution in [1.29, 1.82) is 0 Å². The smallest absolute Gasteiger partial charge is 0.228 e. The third-order valence-electron chi connectivity index (χ3n) is 3.06. The van der Waals surface area contributed by atoms with Crippen LogP contribution in [0.1, 0.15) is 6.92 Å². The zero-order valence-electron chi connectivity index (χ0n) is 12.2. The topological polar surface area (TPSA) is 81.1 Å². The third-order valence-corrected chi connectivity index (χ3v) is 5.52. The first kappa shape index (κ1) is 16.7. The zero-order valence-corrected chi connectivity index (χ0v) is 14.6. The van der Waals surface area contributed by atoms with Crippen molar-refractivity contribution < 1.29 is 13.2 Å². The van der Waals surface area contributed by atoms with Crippen molar-refractivity contribution in [2.24, 2.45) is 13.0 Å². The average molecular weight is 386 g/mol. The molecule has 0 fully saturated rings. The van der Waals surface area contributed by atoms with E-state index in [4.69, 9.17) is 0 Å². The van der Waals surface area contributed by atoms with Gasteiger partial charge in [-0.1, -0.05) is 22.9 Å². The van der Waals surface area contributed by atoms with Gasteiger partial charge in [0.05, 0.1) is 22.5 Å². The van der Waals surface area contributed by atoms with Gasteiger partial charge in [-0.25, -0.2) is 8.42 Å². The zero-order chi connectivity index (χ0) is 16.3. The van der Waals surface area contributed by atoms with Crippen LogP contribution in [0.3, 0.4) is 0 Å². The van der Waals surface area contributed by atoms with E-state index in [1.807, 2.05) is 0 Å². The van der Waals surface area contributed by atoms with E-state index in [2.05, 4.69) is 26.3 Å². The van der Waals surface area contributed by atoms with E-state index in [0.717, 1.165) is 4.47 Å². The second-order valence-electron chi connectivity index (χ2n) is 5.03. The van der Waals surface area contributed by atoms with Gasteiger partial charge < -0.3 is 5.32 Å². The maximum atomic E-state index is 12.3. The normalized spacial score (nSPS) is 12.9. The Morgan fingerprint density at radius 2 is 2.00 bits per heavy atom. The van der Waals surface area contributed by atoms with E-state index in [1.54, 1.807) is 37.0 Å². The molecule has 0 bridgehead atoms. The number of benzene rings is 1. The summed E-state index contributed by atoms with van der Waals surface area (Å²) in [4.78, 5) is 12.3. The summed E-state index contributed by atoms with van der Waals surface area (Å²) in [5.74, 6) is -1.27. The van der Waals surface area contributed by atoms with Crippen LogP contribution in [0.4, 0.5) is 5.69 Å². The van der Waals surface area contributed by atoms with Crippen LogP contribution in [0, 0.1) is 5.92 Å². The second kappa shape index (κ2) is 6.62. The van der Waals surface area contributed by atoms with Crippen LogP contribution >= 0.6 is 15.9 Å². The highest BCUT2D eigenvalue weighted by Crippen LogP contribution is 2.18. The molecule has 1 aromatic heterocycles. The van der Waals surface area contributed by atoms with Gasteiger partial charge in [-0.3, -0.25) is 9.48 Å². The number of rotatable bonds is 5. The first-order valence-electron chi connectivity index (χ1n) is 6.56. The summed E-state index contributed by atoms with van der Waals surface area (Å²) in [6, 6.07) is 6.36. The van der Waals surface area contributed by atoms with Crippen molar-refractivity contribution in [3.8, 4) is 0 Å². The van der Waals surface area contributed by atoms with Crippen LogP contribution in [0.2, 0.25) is 0 Å². The summed E-state index contributed by atoms with van der Waals surface area (Å²) in [5.41, 5.74) is 0.542. The van der Waals surface area contributed by atoms with Crippen LogP contribution in [-0.4, -0.2) is 29.9 Å². The maximum Gasteiger partial charge on any atom is 0.228 e. The molecule has 0 saturated heterocycles. The number of nitrogens with one attached hydrogen (secondary N) is 1. The molecule has 118 valence electrons. The molecule has 1 N–H and O–H groups in total. The molecule has 1 heterocycles. The molecular weight excluding hydrogens is 370 g/mol. The van der Waals surface area contributed by atoms with Gasteiger partial charge in [0, 0.05) is 23.6 Å². The maximum absolute atomic E-state index is 12.3. The Bertz CT molecular complexity index is 769. The molecule has 1 amide bonds. The van der Waals surface area contributed by atoms with Crippen molar-refractivity contribution in [1.82, 2.24) is 9.78 Å². The molecule has 0 aliphatic carbocycles. The molecule has 6 nitrogen and oxygen atoms in total. The Labute approximate surface area is 137 Å². The quantitative estimate of drug-likeness (QED) is 0.855. The number of aromatic nitrogens is 2. The molecule has 8 heteroatoms. The standard InChI is InChI=1S/C14H16BrN3O3S/c1-10(14(19)17-12-7-16-18(2)8-12)9-22(20,21)13-5-3-11(15)4-6-13/h3-8,10H,9H2,1-2H3,(H,17,19). The van der Waals surface area contributed by atoms with Crippen LogP contribution in [0.25, 0.3) is 0 Å². The molecule has 0 saturated carbocycles. The summed E-state index contributed by atoms with van der Waals surface area (Å²) in [6.07, 6.45) is 3.15. The molecule has 1 unspecified atom stereocenters. The van der Waals surface area contributed by atoms with E-state index >= 15 is 0 Å². The molecule has 0 spiro atoms. The molecule has 1 atom stereocenters. The summed E-state index contributed by atoms with van der Waals surface area (Å²) in [5, 5.41) is 6.59. The van der Waals surface area contributed by atoms with Crippen molar-refractivity contribution in [2.45, 2.75) is 11.8 Å². The molecule has 0 aliphatic heterocycles. The minimum Gasteiger partial charge on any atom is -0.323 e. The number of carbonyl (C=O) groups excluding carboxylic acids is 1. The molecule has 0 aliphatic rings. The van der Waals surface area contributed by atoms with E-state index in [9.17, 15) is 13.2 Å². The van der Waals surface area contributed by atoms with Gasteiger partial charge in [0.25, 0.3) is 0 Å². The van der Waals surface area contributed by atoms with Gasteiger partial charge in [-0.2, -0.15) is 5.10 Å². The summed E-state index contributed by atoms with van der Waals surface area (Å²) >= 11 is 3.26. The lowest BCUT2D eigenvalue weighted by Crippen LogP contribution is -2.27. The average Bonchev–Trinajstić information content (AvgIpc) is 2.84. The Balaban J connectivity index is 2.05. The molecule has 0 radical (unpaired) electrons. The van der Waals surface area contributed by atoms with E-state index in [0.29, 0.717) is 5.69 Å². The number of amides is 1. The number of hydrogen-bond donors (Lipinski definition) is 1. The number of sulfone groups is 1. The number of carbonyl (C=O) groups is 1. The minimum absolute atomic E-state index is 0.205. The van der Waals surface area contributed by atoms with Crippen LogP contribution in [0.15, 0.2) is 46.0 Å². The Hall–Kier alpha value is -1.67. The van der Waals surface area contributed by atoms with Crippen LogP contribution < -0.4 is 5.32 Å². The highest BCUT2D eigenvalue weighted by Gasteiger charge is 2.23. The summed E-state index contributed by atoms with van der Waals surface area (Å²) in [7, 11) is -1.78. The van der Waals surface area contributed by atoms with Crippen molar-refractivity contribution in [3.05, 3.63) is 41.1 Å². The monoisotopic (exact) mass is 385 g/mol. The number of halogens is 1. The predicted octanol–water partition coefficient (Wildman–Crippen LogP) is 2.23. The SMILES string of the molecule is CC(CS(=O)(=O)c1ccc(Br)cc1)C(=O)Nc1cnn(C)c1. The summed E-state index contributed by atoms with van der Waals surface area (Å²) in [6.45, 7) is 1.59. The lowest BCUT2D eigenvalue weighted by Gasteiger charge is -2.12. The highest BCUT2D eigenvalue weighted by molar-refractivity contribution is 9.10. The molecule has 2 rings (SSSR count). The van der Waals surface area contributed by atoms with Gasteiger partial charge in [-0.15, -0.1) is 0 Å². The first-order chi connectivity index (χ1) is 10.3. The van der Waals surface area contributed by atoms with Gasteiger partial charge in [0.2, 0.25) is 5.91 Å². The molecular formula is C14H16BrN3O3S. The number of nitrogens with zero attached hydrogens (tertiary/aromatic N) is 2. The molecule has 22 heavy (non-hydrogen) atoms. The third kappa shape index (κ3) is 4.17. The van der Waals surface area contributed by atoms with Gasteiger partial charge in [0.1, 0.15) is 0 Å². The largest absolute Gasteiger partial charge is 0.323 e. The van der Waals surface area contributed by atoms with Crippen LogP contribution in [-0.2, 0) is 21.7 Å². The van der Waals surface area contributed by atoms with Crippen LogP contribution in [0.5, 0.6) is 0 Å².